The molecular weight excluding hydrogens is 398 g/mol. The van der Waals surface area contributed by atoms with Gasteiger partial charge in [-0.25, -0.2) is 0 Å². The number of fused-ring (bicyclic) bond motifs is 1. The lowest BCUT2D eigenvalue weighted by Crippen LogP contribution is -2.57. The van der Waals surface area contributed by atoms with E-state index in [4.69, 9.17) is 10.5 Å². The number of aromatic nitrogens is 1. The Morgan fingerprint density at radius 1 is 1.31 bits per heavy atom. The molecule has 0 aromatic carbocycles. The number of hydrogen-bond acceptors (Lipinski definition) is 4. The Morgan fingerprint density at radius 2 is 2.00 bits per heavy atom. The summed E-state index contributed by atoms with van der Waals surface area (Å²) in [5.41, 5.74) is 5.86. The lowest BCUT2D eigenvalue weighted by Gasteiger charge is -2.44. The van der Waals surface area contributed by atoms with Crippen LogP contribution in [0.4, 0.5) is 0 Å². The van der Waals surface area contributed by atoms with Crippen LogP contribution in [0.25, 0.3) is 0 Å². The largest absolute Gasteiger partial charge is 0.489 e. The molecule has 6 nitrogen and oxygen atoms in total. The molecule has 1 aromatic rings. The number of aryl methyl sites for hydroxylation is 1. The minimum Gasteiger partial charge on any atom is -0.489 e. The van der Waals surface area contributed by atoms with E-state index in [0.29, 0.717) is 5.75 Å². The number of nitrogens with one attached hydrogen (secondary N) is 1. The first-order chi connectivity index (χ1) is 12.3. The minimum atomic E-state index is -0.183. The molecule has 142 valence electrons. The maximum atomic E-state index is 12.7. The summed E-state index contributed by atoms with van der Waals surface area (Å²) >= 11 is 3.45. The Balaban J connectivity index is 1.29. The van der Waals surface area contributed by atoms with Gasteiger partial charge in [0.15, 0.2) is 0 Å². The van der Waals surface area contributed by atoms with Crippen molar-refractivity contribution in [2.24, 2.45) is 18.2 Å². The van der Waals surface area contributed by atoms with Gasteiger partial charge in [0.2, 0.25) is 5.91 Å². The van der Waals surface area contributed by atoms with E-state index in [1.807, 2.05) is 0 Å². The third kappa shape index (κ3) is 3.20. The molecule has 4 saturated carbocycles. The van der Waals surface area contributed by atoms with Crippen molar-refractivity contribution in [3.05, 3.63) is 27.1 Å². The van der Waals surface area contributed by atoms with Crippen LogP contribution in [0.15, 0.2) is 21.5 Å². The molecule has 0 atom stereocenters. The van der Waals surface area contributed by atoms with E-state index < -0.39 is 0 Å². The van der Waals surface area contributed by atoms with Gasteiger partial charge in [-0.05, 0) is 67.3 Å². The molecule has 2 bridgehead atoms. The molecule has 26 heavy (non-hydrogen) atoms. The van der Waals surface area contributed by atoms with Crippen LogP contribution in [0.2, 0.25) is 0 Å². The first-order valence-electron chi connectivity index (χ1n) is 9.41. The number of nitrogens with two attached hydrogens (primary N) is 1. The Kier molecular flexibility index (Phi) is 4.42. The van der Waals surface area contributed by atoms with Gasteiger partial charge < -0.3 is 20.4 Å². The first kappa shape index (κ1) is 18.0. The van der Waals surface area contributed by atoms with Crippen LogP contribution < -0.4 is 21.3 Å². The molecule has 4 aliphatic rings. The van der Waals surface area contributed by atoms with Crippen LogP contribution in [0.5, 0.6) is 5.75 Å². The van der Waals surface area contributed by atoms with E-state index in [2.05, 4.69) is 21.2 Å². The maximum absolute atomic E-state index is 12.7. The first-order valence-corrected chi connectivity index (χ1v) is 10.2. The molecule has 1 heterocycles. The summed E-state index contributed by atoms with van der Waals surface area (Å²) in [4.78, 5) is 24.5. The van der Waals surface area contributed by atoms with Gasteiger partial charge in [0.05, 0.1) is 16.0 Å². The normalized spacial score (nSPS) is 35.7. The van der Waals surface area contributed by atoms with Crippen molar-refractivity contribution in [1.29, 1.82) is 0 Å². The standard InChI is InChI=1S/C19H26BrN3O3/c1-23-9-14(20)15(8-16(23)24)26-13-4-2-12(3-5-13)22-17(25)18-6-7-19(21,10-18)11-18/h8-9,12-13H,2-7,10-11,21H2,1H3,(H,22,25). The summed E-state index contributed by atoms with van der Waals surface area (Å²) in [5.74, 6) is 0.800. The molecule has 0 spiro atoms. The second-order valence-electron chi connectivity index (χ2n) is 8.50. The molecule has 0 saturated heterocycles. The van der Waals surface area contributed by atoms with Crippen molar-refractivity contribution in [3.8, 4) is 5.75 Å². The maximum Gasteiger partial charge on any atom is 0.254 e. The van der Waals surface area contributed by atoms with Crippen molar-refractivity contribution in [2.75, 3.05) is 0 Å². The Morgan fingerprint density at radius 3 is 2.62 bits per heavy atom. The molecule has 0 radical (unpaired) electrons. The van der Waals surface area contributed by atoms with Crippen molar-refractivity contribution >= 4 is 21.8 Å². The molecule has 4 aliphatic carbocycles. The van der Waals surface area contributed by atoms with Crippen LogP contribution in [0.1, 0.15) is 51.4 Å². The van der Waals surface area contributed by atoms with Crippen molar-refractivity contribution in [1.82, 2.24) is 9.88 Å². The van der Waals surface area contributed by atoms with E-state index in [0.717, 1.165) is 55.8 Å². The fourth-order valence-corrected chi connectivity index (χ4v) is 5.44. The summed E-state index contributed by atoms with van der Waals surface area (Å²) in [6.07, 6.45) is 8.98. The topological polar surface area (TPSA) is 86.3 Å². The number of pyridine rings is 1. The highest BCUT2D eigenvalue weighted by molar-refractivity contribution is 9.10. The smallest absolute Gasteiger partial charge is 0.254 e. The molecule has 4 fully saturated rings. The van der Waals surface area contributed by atoms with E-state index in [-0.39, 0.29) is 34.6 Å². The van der Waals surface area contributed by atoms with E-state index in [1.165, 1.54) is 10.6 Å². The van der Waals surface area contributed by atoms with Crippen LogP contribution in [0.3, 0.4) is 0 Å². The van der Waals surface area contributed by atoms with Crippen LogP contribution in [-0.2, 0) is 11.8 Å². The number of rotatable bonds is 4. The van der Waals surface area contributed by atoms with Crippen molar-refractivity contribution < 1.29 is 9.53 Å². The summed E-state index contributed by atoms with van der Waals surface area (Å²) in [5, 5.41) is 3.26. The van der Waals surface area contributed by atoms with E-state index in [9.17, 15) is 9.59 Å². The number of carbonyl (C=O) groups excluding carboxylic acids is 1. The average Bonchev–Trinajstić information content (AvgIpc) is 3.09. The molecule has 1 amide bonds. The highest BCUT2D eigenvalue weighted by atomic mass is 79.9. The van der Waals surface area contributed by atoms with Gasteiger partial charge in [-0.15, -0.1) is 0 Å². The number of ether oxygens (including phenoxy) is 1. The number of hydrogen-bond donors (Lipinski definition) is 2. The predicted molar refractivity (Wildman–Crippen MR) is 102 cm³/mol. The molecule has 7 heteroatoms. The van der Waals surface area contributed by atoms with Gasteiger partial charge in [0.1, 0.15) is 5.75 Å². The third-order valence-electron chi connectivity index (χ3n) is 6.41. The summed E-state index contributed by atoms with van der Waals surface area (Å²) in [6.45, 7) is 0. The van der Waals surface area contributed by atoms with Crippen LogP contribution in [0, 0.1) is 5.41 Å². The SMILES string of the molecule is Cn1cc(Br)c(OC2CCC(NC(=O)C34CCC(N)(C3)C4)CC2)cc1=O. The third-order valence-corrected chi connectivity index (χ3v) is 7.01. The Bertz CT molecular complexity index is 777. The zero-order valence-corrected chi connectivity index (χ0v) is 16.7. The highest BCUT2D eigenvalue weighted by Crippen LogP contribution is 2.60. The predicted octanol–water partition coefficient (Wildman–Crippen LogP) is 2.23. The summed E-state index contributed by atoms with van der Waals surface area (Å²) < 4.78 is 8.33. The van der Waals surface area contributed by atoms with Gasteiger partial charge in [0, 0.05) is 30.9 Å². The van der Waals surface area contributed by atoms with Gasteiger partial charge in [-0.2, -0.15) is 0 Å². The van der Waals surface area contributed by atoms with Gasteiger partial charge in [0.25, 0.3) is 5.56 Å². The second-order valence-corrected chi connectivity index (χ2v) is 9.35. The molecular formula is C19H26BrN3O3. The monoisotopic (exact) mass is 423 g/mol. The average molecular weight is 424 g/mol. The second kappa shape index (κ2) is 6.37. The van der Waals surface area contributed by atoms with Crippen LogP contribution >= 0.6 is 15.9 Å². The van der Waals surface area contributed by atoms with Gasteiger partial charge in [-0.1, -0.05) is 0 Å². The van der Waals surface area contributed by atoms with Crippen molar-refractivity contribution in [2.45, 2.75) is 69.1 Å². The number of halogens is 1. The van der Waals surface area contributed by atoms with Gasteiger partial charge in [-0.3, -0.25) is 9.59 Å². The van der Waals surface area contributed by atoms with E-state index >= 15 is 0 Å². The molecule has 1 aromatic heterocycles. The Hall–Kier alpha value is -1.34. The fourth-order valence-electron chi connectivity index (χ4n) is 4.93. The molecule has 3 N–H and O–H groups in total. The number of nitrogens with zero attached hydrogens (tertiary/aromatic N) is 1. The number of carbonyl (C=O) groups is 1. The van der Waals surface area contributed by atoms with Crippen molar-refractivity contribution in [3.63, 3.8) is 0 Å². The lowest BCUT2D eigenvalue weighted by atomic mass is 9.65. The highest BCUT2D eigenvalue weighted by Gasteiger charge is 2.62. The fraction of sp³-hybridized carbons (Fsp3) is 0.684. The van der Waals surface area contributed by atoms with Gasteiger partial charge >= 0.3 is 0 Å². The summed E-state index contributed by atoms with van der Waals surface area (Å²) in [7, 11) is 1.71. The zero-order chi connectivity index (χ0) is 18.5. The Labute approximate surface area is 161 Å². The lowest BCUT2D eigenvalue weighted by molar-refractivity contribution is -0.136. The minimum absolute atomic E-state index is 0.0665. The molecule has 0 aliphatic heterocycles. The van der Waals surface area contributed by atoms with E-state index in [1.54, 1.807) is 13.2 Å². The van der Waals surface area contributed by atoms with Crippen LogP contribution in [-0.4, -0.2) is 28.2 Å². The molecule has 0 unspecified atom stereocenters. The number of amides is 1. The summed E-state index contributed by atoms with van der Waals surface area (Å²) in [6, 6.07) is 1.74. The quantitative estimate of drug-likeness (QED) is 0.776. The molecule has 5 rings (SSSR count). The zero-order valence-electron chi connectivity index (χ0n) is 15.1.